The van der Waals surface area contributed by atoms with Crippen LogP contribution in [0.15, 0.2) is 4.99 Å². The molecule has 0 aliphatic rings. The van der Waals surface area contributed by atoms with E-state index in [-0.39, 0.29) is 0 Å². The molecule has 72 valence electrons. The maximum absolute atomic E-state index is 5.41. The second kappa shape index (κ2) is 6.89. The summed E-state index contributed by atoms with van der Waals surface area (Å²) in [5, 5.41) is 3.02. The summed E-state index contributed by atoms with van der Waals surface area (Å²) < 4.78 is 5.41. The zero-order chi connectivity index (χ0) is 9.45. The summed E-state index contributed by atoms with van der Waals surface area (Å²) >= 11 is 6.81. The zero-order valence-electron chi connectivity index (χ0n) is 7.61. The van der Waals surface area contributed by atoms with Gasteiger partial charge in [-0.2, -0.15) is 0 Å². The largest absolute Gasteiger partial charge is 0.327 e. The van der Waals surface area contributed by atoms with Gasteiger partial charge in [0.25, 0.3) is 0 Å². The predicted molar refractivity (Wildman–Crippen MR) is 61.6 cm³/mol. The van der Waals surface area contributed by atoms with Gasteiger partial charge in [0.1, 0.15) is 0 Å². The van der Waals surface area contributed by atoms with E-state index in [0.29, 0.717) is 6.61 Å². The fraction of sp³-hybridized carbons (Fsp3) is 0.833. The van der Waals surface area contributed by atoms with Crippen molar-refractivity contribution in [1.82, 2.24) is 5.09 Å². The van der Waals surface area contributed by atoms with Gasteiger partial charge in [0.2, 0.25) is 5.62 Å². The van der Waals surface area contributed by atoms with E-state index < -0.39 is 5.62 Å². The van der Waals surface area contributed by atoms with Crippen LogP contribution >= 0.6 is 17.0 Å². The van der Waals surface area contributed by atoms with Gasteiger partial charge in [0, 0.05) is 6.54 Å². The second-order valence-corrected chi connectivity index (χ2v) is 8.61. The van der Waals surface area contributed by atoms with Crippen molar-refractivity contribution >= 4 is 35.1 Å². The molecular weight excluding hydrogens is 211 g/mol. The minimum absolute atomic E-state index is 0.644. The number of hydrogen-bond acceptors (Lipinski definition) is 4. The Hall–Kier alpha value is 0.430. The van der Waals surface area contributed by atoms with E-state index in [0.717, 1.165) is 6.54 Å². The number of nitrogens with zero attached hydrogens (tertiary/aromatic N) is 1. The number of nitrogens with one attached hydrogen (secondary N) is 1. The van der Waals surface area contributed by atoms with E-state index in [1.807, 2.05) is 20.1 Å². The van der Waals surface area contributed by atoms with Crippen LogP contribution in [-0.2, 0) is 16.3 Å². The van der Waals surface area contributed by atoms with Crippen molar-refractivity contribution in [3.8, 4) is 0 Å². The lowest BCUT2D eigenvalue weighted by atomic mass is 10.8. The number of hydrogen-bond donors (Lipinski definition) is 1. The first-order valence-corrected chi connectivity index (χ1v) is 8.30. The highest BCUT2D eigenvalue weighted by Crippen LogP contribution is 2.53. The molecule has 0 saturated carbocycles. The maximum atomic E-state index is 5.41. The Morgan fingerprint density at radius 3 is 2.75 bits per heavy atom. The Kier molecular flexibility index (Phi) is 7.14. The van der Waals surface area contributed by atoms with Crippen molar-refractivity contribution in [3.63, 3.8) is 0 Å². The van der Waals surface area contributed by atoms with E-state index in [1.54, 1.807) is 17.7 Å². The van der Waals surface area contributed by atoms with Gasteiger partial charge in [-0.3, -0.25) is 4.99 Å². The average molecular weight is 226 g/mol. The molecule has 0 aliphatic carbocycles. The third-order valence-electron chi connectivity index (χ3n) is 1.03. The predicted octanol–water partition coefficient (Wildman–Crippen LogP) is 2.25. The first kappa shape index (κ1) is 12.4. The van der Waals surface area contributed by atoms with Crippen molar-refractivity contribution in [1.29, 1.82) is 0 Å². The molecule has 0 aliphatic heterocycles. The highest BCUT2D eigenvalue weighted by atomic mass is 32.9. The Labute approximate surface area is 83.3 Å². The summed E-state index contributed by atoms with van der Waals surface area (Å²) in [4.78, 5) is 4.02. The van der Waals surface area contributed by atoms with Crippen molar-refractivity contribution in [2.24, 2.45) is 4.99 Å². The van der Waals surface area contributed by atoms with E-state index in [2.05, 4.69) is 10.1 Å². The van der Waals surface area contributed by atoms with Crippen molar-refractivity contribution in [2.45, 2.75) is 13.8 Å². The normalized spacial score (nSPS) is 16.2. The standard InChI is InChI=1S/C6H15N2OPS2/c1-4-7-6-8-10(11,12-3)9-5-2/h6H,4-5H2,1-3H3,(H,7,8,11). The summed E-state index contributed by atoms with van der Waals surface area (Å²) in [6.45, 7) is 5.32. The molecule has 0 fully saturated rings. The SMILES string of the molecule is CCN=CNP(=S)(OCC)SC. The lowest BCUT2D eigenvalue weighted by Gasteiger charge is -2.17. The van der Waals surface area contributed by atoms with E-state index in [1.165, 1.54) is 0 Å². The molecule has 1 atom stereocenters. The van der Waals surface area contributed by atoms with Gasteiger partial charge in [-0.15, -0.1) is 0 Å². The topological polar surface area (TPSA) is 33.6 Å². The molecule has 1 N–H and O–H groups in total. The van der Waals surface area contributed by atoms with Gasteiger partial charge in [-0.05, 0) is 31.9 Å². The minimum atomic E-state index is -1.88. The molecule has 0 bridgehead atoms. The van der Waals surface area contributed by atoms with Crippen LogP contribution in [0.5, 0.6) is 0 Å². The highest BCUT2D eigenvalue weighted by Gasteiger charge is 2.12. The van der Waals surface area contributed by atoms with Gasteiger partial charge in [-0.1, -0.05) is 11.4 Å². The third kappa shape index (κ3) is 5.14. The molecule has 1 unspecified atom stereocenters. The van der Waals surface area contributed by atoms with Crippen LogP contribution in [0.3, 0.4) is 0 Å². The van der Waals surface area contributed by atoms with E-state index >= 15 is 0 Å². The molecule has 12 heavy (non-hydrogen) atoms. The molecule has 6 heteroatoms. The summed E-state index contributed by atoms with van der Waals surface area (Å²) in [5.41, 5.74) is -1.88. The lowest BCUT2D eigenvalue weighted by molar-refractivity contribution is 0.383. The van der Waals surface area contributed by atoms with Gasteiger partial charge in [0.15, 0.2) is 0 Å². The van der Waals surface area contributed by atoms with Crippen molar-refractivity contribution < 1.29 is 4.52 Å². The van der Waals surface area contributed by atoms with Crippen LogP contribution < -0.4 is 5.09 Å². The Balaban J connectivity index is 3.96. The minimum Gasteiger partial charge on any atom is -0.327 e. The quantitative estimate of drug-likeness (QED) is 0.428. The molecule has 0 saturated heterocycles. The van der Waals surface area contributed by atoms with Crippen LogP contribution in [0.25, 0.3) is 0 Å². The number of aliphatic imine (C=N–C) groups is 1. The summed E-state index contributed by atoms with van der Waals surface area (Å²) in [6.07, 6.45) is 3.59. The van der Waals surface area contributed by atoms with Crippen LogP contribution in [0.2, 0.25) is 0 Å². The fourth-order valence-electron chi connectivity index (χ4n) is 0.515. The Bertz CT molecular complexity index is 186. The molecule has 0 rings (SSSR count). The smallest absolute Gasteiger partial charge is 0.210 e. The van der Waals surface area contributed by atoms with Crippen LogP contribution in [0.1, 0.15) is 13.8 Å². The van der Waals surface area contributed by atoms with E-state index in [9.17, 15) is 0 Å². The van der Waals surface area contributed by atoms with Crippen LogP contribution in [0.4, 0.5) is 0 Å². The average Bonchev–Trinajstić information content (AvgIpc) is 2.06. The maximum Gasteiger partial charge on any atom is 0.210 e. The zero-order valence-corrected chi connectivity index (χ0v) is 10.1. The highest BCUT2D eigenvalue weighted by molar-refractivity contribution is 8.68. The first-order chi connectivity index (χ1) is 5.68. The van der Waals surface area contributed by atoms with Gasteiger partial charge in [-0.25, -0.2) is 0 Å². The third-order valence-corrected chi connectivity index (χ3v) is 6.59. The molecule has 0 heterocycles. The van der Waals surface area contributed by atoms with E-state index in [4.69, 9.17) is 16.3 Å². The molecule has 0 aromatic carbocycles. The van der Waals surface area contributed by atoms with Crippen LogP contribution in [0, 0.1) is 0 Å². The number of rotatable bonds is 6. The summed E-state index contributed by atoms with van der Waals surface area (Å²) in [6, 6.07) is 0. The van der Waals surface area contributed by atoms with Gasteiger partial charge in [0.05, 0.1) is 12.9 Å². The molecule has 0 aromatic heterocycles. The lowest BCUT2D eigenvalue weighted by Crippen LogP contribution is -2.07. The van der Waals surface area contributed by atoms with Crippen LogP contribution in [-0.4, -0.2) is 25.7 Å². The Morgan fingerprint density at radius 2 is 2.33 bits per heavy atom. The molecule has 0 spiro atoms. The summed E-state index contributed by atoms with van der Waals surface area (Å²) in [5.74, 6) is 0. The monoisotopic (exact) mass is 226 g/mol. The molecule has 0 aromatic rings. The van der Waals surface area contributed by atoms with Gasteiger partial charge >= 0.3 is 0 Å². The first-order valence-electron chi connectivity index (χ1n) is 3.75. The summed E-state index contributed by atoms with van der Waals surface area (Å²) in [7, 11) is 0. The van der Waals surface area contributed by atoms with Crippen molar-refractivity contribution in [3.05, 3.63) is 0 Å². The Morgan fingerprint density at radius 1 is 1.67 bits per heavy atom. The molecule has 0 radical (unpaired) electrons. The fourth-order valence-corrected chi connectivity index (χ4v) is 2.91. The molecule has 3 nitrogen and oxygen atoms in total. The molecular formula is C6H15N2OPS2. The molecule has 0 amide bonds. The van der Waals surface area contributed by atoms with Gasteiger partial charge < -0.3 is 9.61 Å². The van der Waals surface area contributed by atoms with Crippen molar-refractivity contribution in [2.75, 3.05) is 19.4 Å². The second-order valence-electron chi connectivity index (χ2n) is 1.85.